The van der Waals surface area contributed by atoms with Gasteiger partial charge in [-0.2, -0.15) is 0 Å². The second-order valence-electron chi connectivity index (χ2n) is 11.4. The SMILES string of the molecule is COc1cccc(CN(C(=O)CN(c2cc([N+](=O)[O-])ccc2C)S(C)(=O)=O)C(Cc2ccccc2)C(=O)NC2CCCCC2)c1. The molecular formula is C33H40N4O7S. The molecule has 0 spiro atoms. The molecule has 4 rings (SSSR count). The van der Waals surface area contributed by atoms with Crippen LogP contribution in [0, 0.1) is 17.0 Å². The quantitative estimate of drug-likeness (QED) is 0.211. The molecule has 1 N–H and O–H groups in total. The van der Waals surface area contributed by atoms with Crippen LogP contribution in [0.2, 0.25) is 0 Å². The van der Waals surface area contributed by atoms with Gasteiger partial charge in [0.2, 0.25) is 21.8 Å². The van der Waals surface area contributed by atoms with Crippen molar-refractivity contribution in [3.8, 4) is 5.75 Å². The van der Waals surface area contributed by atoms with E-state index in [1.54, 1.807) is 31.2 Å². The van der Waals surface area contributed by atoms with Crippen LogP contribution in [0.25, 0.3) is 0 Å². The van der Waals surface area contributed by atoms with Crippen LogP contribution in [0.5, 0.6) is 5.75 Å². The lowest BCUT2D eigenvalue weighted by Gasteiger charge is -2.35. The Morgan fingerprint density at radius 3 is 2.33 bits per heavy atom. The molecule has 0 radical (unpaired) electrons. The lowest BCUT2D eigenvalue weighted by molar-refractivity contribution is -0.384. The zero-order valence-corrected chi connectivity index (χ0v) is 26.7. The van der Waals surface area contributed by atoms with Gasteiger partial charge in [0.05, 0.1) is 24.0 Å². The lowest BCUT2D eigenvalue weighted by atomic mass is 9.94. The molecule has 1 aliphatic carbocycles. The van der Waals surface area contributed by atoms with E-state index >= 15 is 0 Å². The summed E-state index contributed by atoms with van der Waals surface area (Å²) in [4.78, 5) is 40.8. The minimum atomic E-state index is -4.08. The van der Waals surface area contributed by atoms with Gasteiger partial charge in [-0.25, -0.2) is 8.42 Å². The third-order valence-electron chi connectivity index (χ3n) is 8.06. The first-order chi connectivity index (χ1) is 21.5. The summed E-state index contributed by atoms with van der Waals surface area (Å²) in [6.45, 7) is 0.954. The number of nitrogens with zero attached hydrogens (tertiary/aromatic N) is 3. The Hall–Kier alpha value is -4.45. The number of non-ortho nitro benzene ring substituents is 1. The molecule has 240 valence electrons. The molecule has 0 aromatic heterocycles. The van der Waals surface area contributed by atoms with E-state index in [-0.39, 0.29) is 36.3 Å². The monoisotopic (exact) mass is 636 g/mol. The Morgan fingerprint density at radius 2 is 1.69 bits per heavy atom. The first kappa shape index (κ1) is 33.4. The summed E-state index contributed by atoms with van der Waals surface area (Å²) in [5, 5.41) is 14.7. The number of nitro benzene ring substituents is 1. The second kappa shape index (κ2) is 15.0. The summed E-state index contributed by atoms with van der Waals surface area (Å²) in [5.41, 5.74) is 1.67. The molecule has 2 amide bonds. The number of amides is 2. The highest BCUT2D eigenvalue weighted by Gasteiger charge is 2.34. The van der Waals surface area contributed by atoms with Crippen molar-refractivity contribution in [1.82, 2.24) is 10.2 Å². The number of benzene rings is 3. The van der Waals surface area contributed by atoms with Crippen molar-refractivity contribution in [3.63, 3.8) is 0 Å². The maximum absolute atomic E-state index is 14.4. The van der Waals surface area contributed by atoms with Gasteiger partial charge in [0.15, 0.2) is 0 Å². The summed E-state index contributed by atoms with van der Waals surface area (Å²) in [5.74, 6) is -0.385. The first-order valence-corrected chi connectivity index (χ1v) is 16.8. The van der Waals surface area contributed by atoms with Gasteiger partial charge < -0.3 is 15.0 Å². The van der Waals surface area contributed by atoms with E-state index in [2.05, 4.69) is 5.32 Å². The molecule has 1 unspecified atom stereocenters. The first-order valence-electron chi connectivity index (χ1n) is 15.0. The molecule has 1 aliphatic rings. The van der Waals surface area contributed by atoms with Crippen molar-refractivity contribution in [2.75, 3.05) is 24.2 Å². The zero-order valence-electron chi connectivity index (χ0n) is 25.8. The summed E-state index contributed by atoms with van der Waals surface area (Å²) >= 11 is 0. The van der Waals surface area contributed by atoms with Gasteiger partial charge in [-0.15, -0.1) is 0 Å². The topological polar surface area (TPSA) is 139 Å². The second-order valence-corrected chi connectivity index (χ2v) is 13.3. The standard InChI is InChI=1S/C33H40N4O7S/c1-24-17-18-28(37(40)41)21-30(24)36(45(3,42)43)23-32(38)35(22-26-13-10-16-29(19-26)44-2)31(20-25-11-6-4-7-12-25)33(39)34-27-14-8-5-9-15-27/h4,6-7,10-13,16-19,21,27,31H,5,8-9,14-15,20,22-23H2,1-3H3,(H,34,39). The van der Waals surface area contributed by atoms with E-state index in [1.165, 1.54) is 24.1 Å². The minimum absolute atomic E-state index is 0.00284. The van der Waals surface area contributed by atoms with Crippen molar-refractivity contribution >= 4 is 33.2 Å². The van der Waals surface area contributed by atoms with Crippen molar-refractivity contribution in [2.24, 2.45) is 0 Å². The number of rotatable bonds is 13. The van der Waals surface area contributed by atoms with E-state index in [9.17, 15) is 28.1 Å². The molecule has 3 aromatic rings. The normalized spacial score (nSPS) is 14.3. The molecule has 1 fully saturated rings. The predicted octanol–water partition coefficient (Wildman–Crippen LogP) is 4.77. The summed E-state index contributed by atoms with van der Waals surface area (Å²) in [6, 6.07) is 19.3. The molecule has 0 heterocycles. The Bertz CT molecular complexity index is 1610. The van der Waals surface area contributed by atoms with E-state index in [0.29, 0.717) is 16.9 Å². The number of ether oxygens (including phenoxy) is 1. The lowest BCUT2D eigenvalue weighted by Crippen LogP contribution is -2.55. The zero-order chi connectivity index (χ0) is 32.6. The van der Waals surface area contributed by atoms with E-state index in [4.69, 9.17) is 4.74 Å². The molecule has 0 aliphatic heterocycles. The third-order valence-corrected chi connectivity index (χ3v) is 9.19. The molecule has 11 nitrogen and oxygen atoms in total. The Balaban J connectivity index is 1.77. The number of carbonyl (C=O) groups is 2. The van der Waals surface area contributed by atoms with Crippen molar-refractivity contribution in [3.05, 3.63) is 99.6 Å². The van der Waals surface area contributed by atoms with Crippen molar-refractivity contribution in [1.29, 1.82) is 0 Å². The Morgan fingerprint density at radius 1 is 1.00 bits per heavy atom. The van der Waals surface area contributed by atoms with E-state index < -0.39 is 33.4 Å². The van der Waals surface area contributed by atoms with Crippen LogP contribution in [0.4, 0.5) is 11.4 Å². The smallest absolute Gasteiger partial charge is 0.271 e. The average molecular weight is 637 g/mol. The fraction of sp³-hybridized carbons (Fsp3) is 0.394. The highest BCUT2D eigenvalue weighted by atomic mass is 32.2. The van der Waals surface area contributed by atoms with Gasteiger partial charge >= 0.3 is 0 Å². The molecule has 0 bridgehead atoms. The largest absolute Gasteiger partial charge is 0.497 e. The molecule has 1 saturated carbocycles. The molecule has 45 heavy (non-hydrogen) atoms. The van der Waals surface area contributed by atoms with Crippen LogP contribution >= 0.6 is 0 Å². The third kappa shape index (κ3) is 9.04. The Kier molecular flexibility index (Phi) is 11.2. The van der Waals surface area contributed by atoms with Crippen LogP contribution in [0.1, 0.15) is 48.8 Å². The Labute approximate surface area is 264 Å². The van der Waals surface area contributed by atoms with Crippen LogP contribution in [-0.2, 0) is 32.6 Å². The number of hydrogen-bond donors (Lipinski definition) is 1. The molecular weight excluding hydrogens is 596 g/mol. The van der Waals surface area contributed by atoms with Crippen LogP contribution in [-0.4, -0.2) is 62.0 Å². The van der Waals surface area contributed by atoms with Crippen molar-refractivity contribution < 1.29 is 27.7 Å². The number of methoxy groups -OCH3 is 1. The number of hydrogen-bond acceptors (Lipinski definition) is 7. The summed E-state index contributed by atoms with van der Waals surface area (Å²) in [7, 11) is -2.55. The average Bonchev–Trinajstić information content (AvgIpc) is 3.02. The number of nitro groups is 1. The molecule has 0 saturated heterocycles. The van der Waals surface area contributed by atoms with Crippen LogP contribution in [0.15, 0.2) is 72.8 Å². The number of nitrogens with one attached hydrogen (secondary N) is 1. The summed E-state index contributed by atoms with van der Waals surface area (Å²) < 4.78 is 32.5. The van der Waals surface area contributed by atoms with Gasteiger partial charge in [-0.1, -0.05) is 67.8 Å². The van der Waals surface area contributed by atoms with E-state index in [1.807, 2.05) is 30.3 Å². The number of sulfonamides is 1. The molecule has 12 heteroatoms. The van der Waals surface area contributed by atoms with Gasteiger partial charge in [0.25, 0.3) is 5.69 Å². The van der Waals surface area contributed by atoms with Crippen molar-refractivity contribution in [2.45, 2.75) is 64.1 Å². The highest BCUT2D eigenvalue weighted by Crippen LogP contribution is 2.28. The van der Waals surface area contributed by atoms with Gasteiger partial charge in [0, 0.05) is 31.1 Å². The minimum Gasteiger partial charge on any atom is -0.497 e. The fourth-order valence-corrected chi connectivity index (χ4v) is 6.54. The maximum atomic E-state index is 14.4. The summed E-state index contributed by atoms with van der Waals surface area (Å²) in [6.07, 6.45) is 5.97. The highest BCUT2D eigenvalue weighted by molar-refractivity contribution is 7.92. The van der Waals surface area contributed by atoms with Gasteiger partial charge in [-0.3, -0.25) is 24.0 Å². The van der Waals surface area contributed by atoms with E-state index in [0.717, 1.165) is 54.3 Å². The van der Waals surface area contributed by atoms with Crippen LogP contribution in [0.3, 0.4) is 0 Å². The maximum Gasteiger partial charge on any atom is 0.271 e. The molecule has 3 aromatic carbocycles. The van der Waals surface area contributed by atoms with Gasteiger partial charge in [0.1, 0.15) is 18.3 Å². The number of aryl methyl sites for hydroxylation is 1. The van der Waals surface area contributed by atoms with Gasteiger partial charge in [-0.05, 0) is 48.6 Å². The predicted molar refractivity (Wildman–Crippen MR) is 173 cm³/mol. The number of anilines is 1. The fourth-order valence-electron chi connectivity index (χ4n) is 5.64. The number of carbonyl (C=O) groups excluding carboxylic acids is 2. The molecule has 1 atom stereocenters. The van der Waals surface area contributed by atoms with Crippen LogP contribution < -0.4 is 14.4 Å².